The Bertz CT molecular complexity index is 449. The highest BCUT2D eigenvalue weighted by Crippen LogP contribution is 2.29. The lowest BCUT2D eigenvalue weighted by molar-refractivity contribution is 0.186. The molecule has 0 saturated heterocycles. The van der Waals surface area contributed by atoms with Gasteiger partial charge in [0, 0.05) is 6.04 Å². The molecule has 2 amide bonds. The Kier molecular flexibility index (Phi) is 5.62. The number of rotatable bonds is 4. The van der Waals surface area contributed by atoms with Crippen LogP contribution in [0.1, 0.15) is 44.7 Å². The number of carbonyl (C=O) groups is 1. The molecule has 0 aliphatic heterocycles. The van der Waals surface area contributed by atoms with Gasteiger partial charge in [-0.15, -0.1) is 0 Å². The van der Waals surface area contributed by atoms with Crippen molar-refractivity contribution in [1.82, 2.24) is 10.6 Å². The summed E-state index contributed by atoms with van der Waals surface area (Å²) in [5.74, 6) is 1.14. The summed E-state index contributed by atoms with van der Waals surface area (Å²) in [5.41, 5.74) is 0.917. The molecule has 0 spiro atoms. The summed E-state index contributed by atoms with van der Waals surface area (Å²) < 4.78 is 0. The van der Waals surface area contributed by atoms with Crippen LogP contribution in [0.2, 0.25) is 0 Å². The van der Waals surface area contributed by atoms with Gasteiger partial charge in [-0.25, -0.2) is 4.79 Å². The molecule has 4 unspecified atom stereocenters. The van der Waals surface area contributed by atoms with Crippen LogP contribution in [0, 0.1) is 11.8 Å². The molecule has 1 fully saturated rings. The fraction of sp³-hybridized carbons (Fsp3) is 0.588. The monoisotopic (exact) mass is 290 g/mol. The highest BCUT2D eigenvalue weighted by Gasteiger charge is 2.28. The number of aliphatic hydroxyl groups is 1. The number of benzene rings is 1. The number of aliphatic hydroxyl groups excluding tert-OH is 1. The average molecular weight is 290 g/mol. The third-order valence-electron chi connectivity index (χ3n) is 4.71. The number of carbonyl (C=O) groups excluding carboxylic acids is 1. The number of nitrogens with one attached hydrogen (secondary N) is 2. The summed E-state index contributed by atoms with van der Waals surface area (Å²) in [6.45, 7) is 4.35. The summed E-state index contributed by atoms with van der Waals surface area (Å²) in [6.07, 6.45) is 3.44. The van der Waals surface area contributed by atoms with Gasteiger partial charge in [0.05, 0.1) is 12.6 Å². The molecular formula is C17H26N2O2. The maximum Gasteiger partial charge on any atom is 0.315 e. The molecule has 4 heteroatoms. The van der Waals surface area contributed by atoms with E-state index in [0.717, 1.165) is 12.0 Å². The molecule has 1 aliphatic rings. The molecule has 0 bridgehead atoms. The molecule has 1 aromatic carbocycles. The number of urea groups is 1. The first kappa shape index (κ1) is 15.8. The first-order valence-corrected chi connectivity index (χ1v) is 7.84. The number of hydrogen-bond acceptors (Lipinski definition) is 2. The van der Waals surface area contributed by atoms with Crippen molar-refractivity contribution in [2.75, 3.05) is 6.61 Å². The minimum atomic E-state index is -0.359. The second kappa shape index (κ2) is 7.46. The standard InChI is InChI=1S/C17H26N2O2/c1-12-7-6-10-15(13(12)2)18-17(21)19-16(11-20)14-8-4-3-5-9-14/h3-5,8-9,12-13,15-16,20H,6-7,10-11H2,1-2H3,(H2,18,19,21). The van der Waals surface area contributed by atoms with Gasteiger partial charge in [-0.3, -0.25) is 0 Å². The van der Waals surface area contributed by atoms with E-state index in [0.29, 0.717) is 11.8 Å². The third-order valence-corrected chi connectivity index (χ3v) is 4.71. The lowest BCUT2D eigenvalue weighted by Gasteiger charge is -2.34. The summed E-state index contributed by atoms with van der Waals surface area (Å²) in [5, 5.41) is 15.4. The lowest BCUT2D eigenvalue weighted by atomic mass is 9.78. The van der Waals surface area contributed by atoms with Crippen LogP contribution in [-0.4, -0.2) is 23.8 Å². The Labute approximate surface area is 126 Å². The van der Waals surface area contributed by atoms with Crippen LogP contribution < -0.4 is 10.6 Å². The van der Waals surface area contributed by atoms with Crippen molar-refractivity contribution in [3.63, 3.8) is 0 Å². The van der Waals surface area contributed by atoms with Gasteiger partial charge in [0.15, 0.2) is 0 Å². The predicted octanol–water partition coefficient (Wildman–Crippen LogP) is 2.84. The van der Waals surface area contributed by atoms with Crippen molar-refractivity contribution in [2.24, 2.45) is 11.8 Å². The zero-order valence-corrected chi connectivity index (χ0v) is 12.9. The van der Waals surface area contributed by atoms with Crippen molar-refractivity contribution in [3.8, 4) is 0 Å². The van der Waals surface area contributed by atoms with Crippen LogP contribution >= 0.6 is 0 Å². The molecule has 1 saturated carbocycles. The van der Waals surface area contributed by atoms with Gasteiger partial charge < -0.3 is 15.7 Å². The molecule has 0 heterocycles. The summed E-state index contributed by atoms with van der Waals surface area (Å²) >= 11 is 0. The summed E-state index contributed by atoms with van der Waals surface area (Å²) in [4.78, 5) is 12.2. The van der Waals surface area contributed by atoms with Gasteiger partial charge in [-0.05, 0) is 23.8 Å². The second-order valence-corrected chi connectivity index (χ2v) is 6.14. The molecule has 1 aliphatic carbocycles. The molecular weight excluding hydrogens is 264 g/mol. The van der Waals surface area contributed by atoms with Crippen LogP contribution in [0.4, 0.5) is 4.79 Å². The van der Waals surface area contributed by atoms with Gasteiger partial charge in [0.1, 0.15) is 0 Å². The maximum atomic E-state index is 12.2. The van der Waals surface area contributed by atoms with Crippen LogP contribution in [0.5, 0.6) is 0 Å². The van der Waals surface area contributed by atoms with Crippen molar-refractivity contribution in [1.29, 1.82) is 0 Å². The fourth-order valence-electron chi connectivity index (χ4n) is 3.07. The van der Waals surface area contributed by atoms with E-state index >= 15 is 0 Å². The lowest BCUT2D eigenvalue weighted by Crippen LogP contribution is -2.49. The van der Waals surface area contributed by atoms with Crippen molar-refractivity contribution >= 4 is 6.03 Å². The SMILES string of the molecule is CC1CCCC(NC(=O)NC(CO)c2ccccc2)C1C. The van der Waals surface area contributed by atoms with Gasteiger partial charge in [0.2, 0.25) is 0 Å². The van der Waals surface area contributed by atoms with E-state index < -0.39 is 0 Å². The molecule has 4 atom stereocenters. The Hall–Kier alpha value is -1.55. The summed E-state index contributed by atoms with van der Waals surface area (Å²) in [7, 11) is 0. The fourth-order valence-corrected chi connectivity index (χ4v) is 3.07. The van der Waals surface area contributed by atoms with Crippen LogP contribution in [0.3, 0.4) is 0 Å². The van der Waals surface area contributed by atoms with E-state index in [1.165, 1.54) is 12.8 Å². The molecule has 0 aromatic heterocycles. The van der Waals surface area contributed by atoms with E-state index in [-0.39, 0.29) is 24.7 Å². The first-order chi connectivity index (χ1) is 10.1. The Morgan fingerprint density at radius 3 is 2.67 bits per heavy atom. The Morgan fingerprint density at radius 2 is 2.00 bits per heavy atom. The van der Waals surface area contributed by atoms with E-state index in [4.69, 9.17) is 0 Å². The minimum Gasteiger partial charge on any atom is -0.394 e. The van der Waals surface area contributed by atoms with Crippen LogP contribution in [-0.2, 0) is 0 Å². The number of hydrogen-bond donors (Lipinski definition) is 3. The number of amides is 2. The summed E-state index contributed by atoms with van der Waals surface area (Å²) in [6, 6.07) is 9.22. The highest BCUT2D eigenvalue weighted by molar-refractivity contribution is 5.74. The molecule has 116 valence electrons. The molecule has 0 radical (unpaired) electrons. The molecule has 2 rings (SSSR count). The van der Waals surface area contributed by atoms with Gasteiger partial charge in [0.25, 0.3) is 0 Å². The molecule has 21 heavy (non-hydrogen) atoms. The first-order valence-electron chi connectivity index (χ1n) is 7.84. The van der Waals surface area contributed by atoms with Crippen molar-refractivity contribution < 1.29 is 9.90 Å². The Morgan fingerprint density at radius 1 is 1.29 bits per heavy atom. The second-order valence-electron chi connectivity index (χ2n) is 6.14. The van der Waals surface area contributed by atoms with Crippen LogP contribution in [0.15, 0.2) is 30.3 Å². The predicted molar refractivity (Wildman–Crippen MR) is 83.9 cm³/mol. The van der Waals surface area contributed by atoms with Crippen molar-refractivity contribution in [3.05, 3.63) is 35.9 Å². The quantitative estimate of drug-likeness (QED) is 0.798. The van der Waals surface area contributed by atoms with E-state index in [2.05, 4.69) is 24.5 Å². The van der Waals surface area contributed by atoms with Crippen molar-refractivity contribution in [2.45, 2.75) is 45.2 Å². The van der Waals surface area contributed by atoms with Gasteiger partial charge in [-0.2, -0.15) is 0 Å². The van der Waals surface area contributed by atoms with Crippen LogP contribution in [0.25, 0.3) is 0 Å². The molecule has 4 nitrogen and oxygen atoms in total. The van der Waals surface area contributed by atoms with Gasteiger partial charge in [-0.1, -0.05) is 57.0 Å². The molecule has 3 N–H and O–H groups in total. The maximum absolute atomic E-state index is 12.2. The topological polar surface area (TPSA) is 61.4 Å². The third kappa shape index (κ3) is 4.21. The largest absolute Gasteiger partial charge is 0.394 e. The highest BCUT2D eigenvalue weighted by atomic mass is 16.3. The zero-order chi connectivity index (χ0) is 15.2. The minimum absolute atomic E-state index is 0.103. The zero-order valence-electron chi connectivity index (χ0n) is 12.9. The average Bonchev–Trinajstić information content (AvgIpc) is 2.50. The normalized spacial score (nSPS) is 26.9. The van der Waals surface area contributed by atoms with E-state index in [1.807, 2.05) is 30.3 Å². The molecule has 1 aromatic rings. The van der Waals surface area contributed by atoms with E-state index in [1.54, 1.807) is 0 Å². The van der Waals surface area contributed by atoms with Gasteiger partial charge >= 0.3 is 6.03 Å². The Balaban J connectivity index is 1.91. The van der Waals surface area contributed by atoms with E-state index in [9.17, 15) is 9.90 Å². The smallest absolute Gasteiger partial charge is 0.315 e.